The Morgan fingerprint density at radius 3 is 2.36 bits per heavy atom. The summed E-state index contributed by atoms with van der Waals surface area (Å²) in [6.07, 6.45) is 4.34. The molecule has 0 bridgehead atoms. The van der Waals surface area contributed by atoms with Crippen molar-refractivity contribution in [1.29, 1.82) is 0 Å². The van der Waals surface area contributed by atoms with Crippen LogP contribution in [0.2, 0.25) is 0 Å². The molecule has 2 heteroatoms. The number of nitrogens with zero attached hydrogens (tertiary/aromatic N) is 1. The molecule has 0 amide bonds. The monoisotopic (exact) mass is 192 g/mol. The largest absolute Gasteiger partial charge is 0.404 e. The Bertz CT molecular complexity index is 376. The number of para-hydroxylation sites is 2. The zero-order valence-corrected chi connectivity index (χ0v) is 9.16. The van der Waals surface area contributed by atoms with E-state index < -0.39 is 0 Å². The van der Waals surface area contributed by atoms with Crippen LogP contribution in [0.1, 0.15) is 26.7 Å². The van der Waals surface area contributed by atoms with Crippen LogP contribution in [0.4, 0.5) is 0 Å². The predicted octanol–water partition coefficient (Wildman–Crippen LogP) is 3.06. The second kappa shape index (κ2) is 5.43. The summed E-state index contributed by atoms with van der Waals surface area (Å²) in [7, 11) is 1.96. The van der Waals surface area contributed by atoms with Crippen LogP contribution in [0.3, 0.4) is 0 Å². The van der Waals surface area contributed by atoms with Crippen LogP contribution in [-0.2, 0) is 7.05 Å². The molecule has 14 heavy (non-hydrogen) atoms. The second-order valence-corrected chi connectivity index (χ2v) is 3.30. The molecule has 0 radical (unpaired) electrons. The lowest BCUT2D eigenvalue weighted by Gasteiger charge is -1.78. The van der Waals surface area contributed by atoms with E-state index in [4.69, 9.17) is 4.42 Å². The van der Waals surface area contributed by atoms with Crippen LogP contribution >= 0.6 is 0 Å². The number of oxazole rings is 1. The molecule has 1 aromatic heterocycles. The number of benzene rings is 1. The van der Waals surface area contributed by atoms with Gasteiger partial charge in [0, 0.05) is 6.07 Å². The second-order valence-electron chi connectivity index (χ2n) is 3.30. The molecule has 0 saturated carbocycles. The Labute approximate surface area is 85.2 Å². The molecule has 0 unspecified atom stereocenters. The van der Waals surface area contributed by atoms with Gasteiger partial charge in [-0.2, -0.15) is 4.57 Å². The SMILES string of the molecule is CCCC.C[n+]1coc2ccccc21. The normalized spacial score (nSPS) is 9.64. The van der Waals surface area contributed by atoms with Crippen molar-refractivity contribution in [2.75, 3.05) is 0 Å². The smallest absolute Gasteiger partial charge is 0.335 e. The highest BCUT2D eigenvalue weighted by Gasteiger charge is 2.05. The molecular formula is C12H18NO+. The van der Waals surface area contributed by atoms with Crippen molar-refractivity contribution in [2.45, 2.75) is 26.7 Å². The van der Waals surface area contributed by atoms with E-state index in [-0.39, 0.29) is 0 Å². The summed E-state index contributed by atoms with van der Waals surface area (Å²) in [5, 5.41) is 0. The lowest BCUT2D eigenvalue weighted by molar-refractivity contribution is -0.650. The van der Waals surface area contributed by atoms with Crippen molar-refractivity contribution >= 4 is 11.1 Å². The number of unbranched alkanes of at least 4 members (excludes halogenated alkanes) is 1. The van der Waals surface area contributed by atoms with E-state index in [0.29, 0.717) is 0 Å². The quantitative estimate of drug-likeness (QED) is 0.635. The van der Waals surface area contributed by atoms with Gasteiger partial charge in [0.05, 0.1) is 0 Å². The Morgan fingerprint density at radius 1 is 1.14 bits per heavy atom. The highest BCUT2D eigenvalue weighted by molar-refractivity contribution is 5.67. The van der Waals surface area contributed by atoms with Crippen LogP contribution in [-0.4, -0.2) is 0 Å². The van der Waals surface area contributed by atoms with Crippen molar-refractivity contribution in [1.82, 2.24) is 0 Å². The average Bonchev–Trinajstić information content (AvgIpc) is 2.62. The minimum Gasteiger partial charge on any atom is -0.404 e. The Kier molecular flexibility index (Phi) is 4.17. The number of aromatic nitrogens is 1. The average molecular weight is 192 g/mol. The molecule has 2 nitrogen and oxygen atoms in total. The lowest BCUT2D eigenvalue weighted by Crippen LogP contribution is -2.24. The Balaban J connectivity index is 0.000000213. The fourth-order valence-electron chi connectivity index (χ4n) is 1.04. The van der Waals surface area contributed by atoms with E-state index in [1.54, 1.807) is 6.39 Å². The van der Waals surface area contributed by atoms with Crippen molar-refractivity contribution in [3.05, 3.63) is 30.7 Å². The number of hydrogen-bond donors (Lipinski definition) is 0. The molecule has 0 atom stereocenters. The van der Waals surface area contributed by atoms with Gasteiger partial charge < -0.3 is 4.42 Å². The molecular weight excluding hydrogens is 174 g/mol. The molecule has 2 aromatic rings. The number of aryl methyl sites for hydroxylation is 1. The minimum absolute atomic E-state index is 0.935. The van der Waals surface area contributed by atoms with Gasteiger partial charge in [-0.25, -0.2) is 0 Å². The molecule has 0 saturated heterocycles. The van der Waals surface area contributed by atoms with Crippen LogP contribution in [0.5, 0.6) is 0 Å². The van der Waals surface area contributed by atoms with Gasteiger partial charge in [0.25, 0.3) is 5.52 Å². The van der Waals surface area contributed by atoms with Crippen molar-refractivity contribution in [3.8, 4) is 0 Å². The van der Waals surface area contributed by atoms with E-state index >= 15 is 0 Å². The van der Waals surface area contributed by atoms with Gasteiger partial charge in [0.2, 0.25) is 5.58 Å². The third-order valence-electron chi connectivity index (χ3n) is 2.08. The van der Waals surface area contributed by atoms with E-state index in [1.807, 2.05) is 35.9 Å². The molecule has 0 aliphatic carbocycles. The zero-order chi connectivity index (χ0) is 10.4. The first-order valence-electron chi connectivity index (χ1n) is 5.11. The molecule has 0 N–H and O–H groups in total. The lowest BCUT2D eigenvalue weighted by atomic mass is 10.3. The predicted molar refractivity (Wildman–Crippen MR) is 58.0 cm³/mol. The summed E-state index contributed by atoms with van der Waals surface area (Å²) in [6.45, 7) is 4.36. The van der Waals surface area contributed by atoms with Gasteiger partial charge in [0.1, 0.15) is 7.05 Å². The standard InChI is InChI=1S/C8H8NO.C4H10/c1-9-6-10-8-5-3-2-4-7(8)9;1-3-4-2/h2-6H,1H3;3-4H2,1-2H3/q+1;. The highest BCUT2D eigenvalue weighted by atomic mass is 16.3. The van der Waals surface area contributed by atoms with E-state index in [2.05, 4.69) is 13.8 Å². The van der Waals surface area contributed by atoms with E-state index in [9.17, 15) is 0 Å². The summed E-state index contributed by atoms with van der Waals surface area (Å²) >= 11 is 0. The molecule has 0 aliphatic heterocycles. The van der Waals surface area contributed by atoms with Gasteiger partial charge in [-0.15, -0.1) is 0 Å². The van der Waals surface area contributed by atoms with Crippen LogP contribution in [0.25, 0.3) is 11.1 Å². The molecule has 2 rings (SSSR count). The maximum absolute atomic E-state index is 5.21. The maximum Gasteiger partial charge on any atom is 0.335 e. The fraction of sp³-hybridized carbons (Fsp3) is 0.417. The molecule has 1 heterocycles. The van der Waals surface area contributed by atoms with Crippen molar-refractivity contribution in [3.63, 3.8) is 0 Å². The molecule has 0 spiro atoms. The summed E-state index contributed by atoms with van der Waals surface area (Å²) in [6, 6.07) is 7.94. The number of rotatable bonds is 1. The first kappa shape index (κ1) is 10.8. The third-order valence-corrected chi connectivity index (χ3v) is 2.08. The van der Waals surface area contributed by atoms with Gasteiger partial charge in [-0.05, 0) is 6.07 Å². The van der Waals surface area contributed by atoms with Gasteiger partial charge in [-0.1, -0.05) is 38.8 Å². The molecule has 0 fully saturated rings. The summed E-state index contributed by atoms with van der Waals surface area (Å²) < 4.78 is 7.17. The van der Waals surface area contributed by atoms with Gasteiger partial charge in [-0.3, -0.25) is 0 Å². The third kappa shape index (κ3) is 2.59. The fourth-order valence-corrected chi connectivity index (χ4v) is 1.04. The molecule has 1 aromatic carbocycles. The zero-order valence-electron chi connectivity index (χ0n) is 9.16. The van der Waals surface area contributed by atoms with Crippen LogP contribution in [0.15, 0.2) is 35.1 Å². The summed E-state index contributed by atoms with van der Waals surface area (Å²) in [5.41, 5.74) is 2.06. The first-order valence-corrected chi connectivity index (χ1v) is 5.11. The number of fused-ring (bicyclic) bond motifs is 1. The van der Waals surface area contributed by atoms with Crippen LogP contribution < -0.4 is 4.57 Å². The molecule has 0 aliphatic rings. The van der Waals surface area contributed by atoms with Crippen LogP contribution in [0, 0.1) is 0 Å². The molecule has 76 valence electrons. The van der Waals surface area contributed by atoms with Crippen molar-refractivity contribution in [2.24, 2.45) is 7.05 Å². The Hall–Kier alpha value is -1.31. The minimum atomic E-state index is 0.935. The topological polar surface area (TPSA) is 17.0 Å². The van der Waals surface area contributed by atoms with E-state index in [1.165, 1.54) is 12.8 Å². The highest BCUT2D eigenvalue weighted by Crippen LogP contribution is 2.07. The maximum atomic E-state index is 5.21. The summed E-state index contributed by atoms with van der Waals surface area (Å²) in [5.74, 6) is 0. The van der Waals surface area contributed by atoms with Gasteiger partial charge in [0.15, 0.2) is 0 Å². The summed E-state index contributed by atoms with van der Waals surface area (Å²) in [4.78, 5) is 0. The van der Waals surface area contributed by atoms with E-state index in [0.717, 1.165) is 11.1 Å². The Morgan fingerprint density at radius 2 is 1.79 bits per heavy atom. The number of hydrogen-bond acceptors (Lipinski definition) is 1. The first-order chi connectivity index (χ1) is 6.79. The van der Waals surface area contributed by atoms with Crippen molar-refractivity contribution < 1.29 is 8.98 Å². The van der Waals surface area contributed by atoms with Gasteiger partial charge >= 0.3 is 6.39 Å².